The van der Waals surface area contributed by atoms with E-state index in [4.69, 9.17) is 10.5 Å². The molecule has 1 fully saturated rings. The van der Waals surface area contributed by atoms with E-state index in [1.165, 1.54) is 13.3 Å². The topological polar surface area (TPSA) is 90.1 Å². The van der Waals surface area contributed by atoms with Crippen molar-refractivity contribution in [2.75, 3.05) is 12.4 Å². The third kappa shape index (κ3) is 5.52. The number of hydrogen-bond donors (Lipinski definition) is 2. The van der Waals surface area contributed by atoms with E-state index < -0.39 is 34.6 Å². The molecule has 1 amide bonds. The largest absolute Gasteiger partial charge is 0.380 e. The van der Waals surface area contributed by atoms with E-state index in [1.54, 1.807) is 6.20 Å². The van der Waals surface area contributed by atoms with E-state index in [0.717, 1.165) is 49.1 Å². The molecule has 1 saturated carbocycles. The van der Waals surface area contributed by atoms with Crippen LogP contribution < -0.4 is 11.1 Å². The molecule has 1 aliphatic carbocycles. The van der Waals surface area contributed by atoms with Gasteiger partial charge in [-0.3, -0.25) is 9.78 Å². The predicted octanol–water partition coefficient (Wildman–Crippen LogP) is 5.19. The van der Waals surface area contributed by atoms with Gasteiger partial charge in [-0.05, 0) is 72.6 Å². The van der Waals surface area contributed by atoms with Gasteiger partial charge in [-0.1, -0.05) is 6.92 Å². The summed E-state index contributed by atoms with van der Waals surface area (Å²) in [5.74, 6) is -3.01. The van der Waals surface area contributed by atoms with Crippen LogP contribution in [0.3, 0.4) is 0 Å². The molecular weight excluding hydrogens is 457 g/mol. The molecule has 0 bridgehead atoms. The number of hydrogen-bond acceptors (Lipinski definition) is 5. The van der Waals surface area contributed by atoms with Crippen molar-refractivity contribution in [1.29, 1.82) is 0 Å². The monoisotopic (exact) mass is 484 g/mol. The first-order valence-corrected chi connectivity index (χ1v) is 11.4. The standard InChI is InChI=1S/C26H27F3N4O2/c1-14-7-16(11-17(30)8-14)18-5-6-31-12-23(18)33-26(34)22-4-3-19(27)25(32-22)24-20(28)9-15(13-35-2)10-21(24)29/h3-6,9-10,12,14,16-17H,7-8,11,13,30H2,1-2H3,(H,33,34)/t14-,16+,17+/m0/s1. The summed E-state index contributed by atoms with van der Waals surface area (Å²) < 4.78 is 48.8. The fraction of sp³-hybridized carbons (Fsp3) is 0.346. The van der Waals surface area contributed by atoms with E-state index in [1.807, 2.05) is 6.07 Å². The highest BCUT2D eigenvalue weighted by Crippen LogP contribution is 2.38. The molecule has 1 aliphatic rings. The average molecular weight is 485 g/mol. The van der Waals surface area contributed by atoms with Crippen LogP contribution in [0.5, 0.6) is 0 Å². The molecule has 35 heavy (non-hydrogen) atoms. The van der Waals surface area contributed by atoms with Gasteiger partial charge in [0.25, 0.3) is 5.91 Å². The quantitative estimate of drug-likeness (QED) is 0.503. The molecule has 3 aromatic rings. The highest BCUT2D eigenvalue weighted by Gasteiger charge is 2.28. The molecule has 0 spiro atoms. The first-order chi connectivity index (χ1) is 16.8. The SMILES string of the molecule is COCc1cc(F)c(-c2nc(C(=O)Nc3cnccc3[C@@H]3C[C@H](C)C[C@@H](N)C3)ccc2F)c(F)c1. The van der Waals surface area contributed by atoms with Crippen molar-refractivity contribution in [3.8, 4) is 11.3 Å². The van der Waals surface area contributed by atoms with E-state index >= 15 is 0 Å². The Balaban J connectivity index is 1.63. The van der Waals surface area contributed by atoms with Crippen LogP contribution in [0.2, 0.25) is 0 Å². The predicted molar refractivity (Wildman–Crippen MR) is 126 cm³/mol. The van der Waals surface area contributed by atoms with Crippen LogP contribution in [0.1, 0.15) is 53.7 Å². The molecule has 0 saturated heterocycles. The third-order valence-electron chi connectivity index (χ3n) is 6.25. The van der Waals surface area contributed by atoms with Crippen molar-refractivity contribution in [2.24, 2.45) is 11.7 Å². The van der Waals surface area contributed by atoms with E-state index in [9.17, 15) is 18.0 Å². The number of ether oxygens (including phenoxy) is 1. The number of methoxy groups -OCH3 is 1. The van der Waals surface area contributed by atoms with Gasteiger partial charge in [0.15, 0.2) is 0 Å². The molecule has 1 aromatic carbocycles. The van der Waals surface area contributed by atoms with Gasteiger partial charge in [0.05, 0.1) is 24.1 Å². The van der Waals surface area contributed by atoms with Crippen molar-refractivity contribution < 1.29 is 22.7 Å². The number of amides is 1. The number of aromatic nitrogens is 2. The van der Waals surface area contributed by atoms with Crippen LogP contribution in [0.15, 0.2) is 42.7 Å². The van der Waals surface area contributed by atoms with Gasteiger partial charge in [0.2, 0.25) is 0 Å². The van der Waals surface area contributed by atoms with Crippen LogP contribution in [0, 0.1) is 23.4 Å². The van der Waals surface area contributed by atoms with Gasteiger partial charge in [-0.15, -0.1) is 0 Å². The molecule has 4 rings (SSSR count). The first-order valence-electron chi connectivity index (χ1n) is 11.4. The number of nitrogens with two attached hydrogens (primary N) is 1. The summed E-state index contributed by atoms with van der Waals surface area (Å²) in [6.07, 6.45) is 5.86. The summed E-state index contributed by atoms with van der Waals surface area (Å²) in [5.41, 5.74) is 6.44. The van der Waals surface area contributed by atoms with Gasteiger partial charge in [0.1, 0.15) is 28.8 Å². The Bertz CT molecular complexity index is 1200. The van der Waals surface area contributed by atoms with Crippen molar-refractivity contribution in [1.82, 2.24) is 9.97 Å². The number of pyridine rings is 2. The average Bonchev–Trinajstić information content (AvgIpc) is 2.79. The number of anilines is 1. The summed E-state index contributed by atoms with van der Waals surface area (Å²) in [5, 5.41) is 2.78. The second-order valence-electron chi connectivity index (χ2n) is 9.08. The lowest BCUT2D eigenvalue weighted by atomic mass is 9.76. The fourth-order valence-corrected chi connectivity index (χ4v) is 4.81. The number of carbonyl (C=O) groups excluding carboxylic acids is 1. The van der Waals surface area contributed by atoms with Crippen LogP contribution in [0.4, 0.5) is 18.9 Å². The van der Waals surface area contributed by atoms with Gasteiger partial charge in [-0.25, -0.2) is 18.2 Å². The minimum atomic E-state index is -1.00. The second-order valence-corrected chi connectivity index (χ2v) is 9.08. The Morgan fingerprint density at radius 1 is 1.11 bits per heavy atom. The fourth-order valence-electron chi connectivity index (χ4n) is 4.81. The minimum absolute atomic E-state index is 0.00933. The first kappa shape index (κ1) is 24.8. The molecule has 0 radical (unpaired) electrons. The maximum absolute atomic E-state index is 14.7. The molecular formula is C26H27F3N4O2. The number of nitrogens with one attached hydrogen (secondary N) is 1. The van der Waals surface area contributed by atoms with Gasteiger partial charge in [-0.2, -0.15) is 0 Å². The van der Waals surface area contributed by atoms with Crippen LogP contribution in [-0.4, -0.2) is 29.0 Å². The number of carbonyl (C=O) groups is 1. The lowest BCUT2D eigenvalue weighted by molar-refractivity contribution is 0.102. The molecule has 0 unspecified atom stereocenters. The van der Waals surface area contributed by atoms with E-state index in [0.29, 0.717) is 11.6 Å². The molecule has 184 valence electrons. The molecule has 9 heteroatoms. The van der Waals surface area contributed by atoms with Gasteiger partial charge >= 0.3 is 0 Å². The van der Waals surface area contributed by atoms with E-state index in [-0.39, 0.29) is 29.8 Å². The van der Waals surface area contributed by atoms with Crippen LogP contribution in [-0.2, 0) is 11.3 Å². The molecule has 2 heterocycles. The summed E-state index contributed by atoms with van der Waals surface area (Å²) in [6.45, 7) is 2.14. The molecule has 3 N–H and O–H groups in total. The van der Waals surface area contributed by atoms with Crippen molar-refractivity contribution in [3.63, 3.8) is 0 Å². The Labute approximate surface area is 201 Å². The maximum Gasteiger partial charge on any atom is 0.274 e. The van der Waals surface area contributed by atoms with Crippen molar-refractivity contribution in [3.05, 3.63) is 77.0 Å². The Morgan fingerprint density at radius 3 is 2.54 bits per heavy atom. The smallest absolute Gasteiger partial charge is 0.274 e. The maximum atomic E-state index is 14.7. The van der Waals surface area contributed by atoms with Crippen LogP contribution >= 0.6 is 0 Å². The second kappa shape index (κ2) is 10.5. The Kier molecular flexibility index (Phi) is 7.47. The molecule has 6 nitrogen and oxygen atoms in total. The number of nitrogens with zero attached hydrogens (tertiary/aromatic N) is 2. The summed E-state index contributed by atoms with van der Waals surface area (Å²) in [6, 6.07) is 6.15. The summed E-state index contributed by atoms with van der Waals surface area (Å²) in [7, 11) is 1.39. The number of rotatable bonds is 6. The van der Waals surface area contributed by atoms with Crippen molar-refractivity contribution >= 4 is 11.6 Å². The normalized spacial score (nSPS) is 20.0. The molecule has 2 aromatic heterocycles. The lowest BCUT2D eigenvalue weighted by Gasteiger charge is -2.32. The zero-order chi connectivity index (χ0) is 25.1. The third-order valence-corrected chi connectivity index (χ3v) is 6.25. The minimum Gasteiger partial charge on any atom is -0.380 e. The highest BCUT2D eigenvalue weighted by atomic mass is 19.1. The zero-order valence-corrected chi connectivity index (χ0v) is 19.5. The van der Waals surface area contributed by atoms with Crippen LogP contribution in [0.25, 0.3) is 11.3 Å². The van der Waals surface area contributed by atoms with Crippen molar-refractivity contribution in [2.45, 2.75) is 44.8 Å². The summed E-state index contributed by atoms with van der Waals surface area (Å²) >= 11 is 0. The zero-order valence-electron chi connectivity index (χ0n) is 19.5. The van der Waals surface area contributed by atoms with Gasteiger partial charge < -0.3 is 15.8 Å². The molecule has 0 aliphatic heterocycles. The number of benzene rings is 1. The van der Waals surface area contributed by atoms with E-state index in [2.05, 4.69) is 22.2 Å². The number of halogens is 3. The molecule has 3 atom stereocenters. The van der Waals surface area contributed by atoms with Gasteiger partial charge in [0, 0.05) is 19.3 Å². The lowest BCUT2D eigenvalue weighted by Crippen LogP contribution is -2.31. The Hall–Kier alpha value is -3.30. The summed E-state index contributed by atoms with van der Waals surface area (Å²) in [4.78, 5) is 21.1. The Morgan fingerprint density at radius 2 is 1.86 bits per heavy atom. The highest BCUT2D eigenvalue weighted by molar-refractivity contribution is 6.03.